The molecule has 2 rings (SSSR count). The lowest BCUT2D eigenvalue weighted by Crippen LogP contribution is -2.19. The van der Waals surface area contributed by atoms with Crippen LogP contribution in [0.15, 0.2) is 42.5 Å². The summed E-state index contributed by atoms with van der Waals surface area (Å²) in [6.45, 7) is 2.30. The van der Waals surface area contributed by atoms with Crippen LogP contribution in [-0.4, -0.2) is 6.54 Å². The van der Waals surface area contributed by atoms with E-state index in [1.807, 2.05) is 25.1 Å². The van der Waals surface area contributed by atoms with E-state index >= 15 is 0 Å². The summed E-state index contributed by atoms with van der Waals surface area (Å²) in [5, 5.41) is 0. The summed E-state index contributed by atoms with van der Waals surface area (Å²) in [5.74, 6) is -1.31. The van der Waals surface area contributed by atoms with Gasteiger partial charge in [0.15, 0.2) is 11.6 Å². The molecular weight excluding hydrogens is 234 g/mol. The van der Waals surface area contributed by atoms with Gasteiger partial charge < -0.3 is 10.6 Å². The number of hydrogen-bond acceptors (Lipinski definition) is 2. The minimum Gasteiger partial charge on any atom is -0.399 e. The highest BCUT2D eigenvalue weighted by Gasteiger charge is 2.17. The van der Waals surface area contributed by atoms with Crippen molar-refractivity contribution in [3.63, 3.8) is 0 Å². The summed E-state index contributed by atoms with van der Waals surface area (Å²) in [5.41, 5.74) is 6.16. The Kier molecular flexibility index (Phi) is 3.46. The molecule has 0 aliphatic heterocycles. The van der Waals surface area contributed by atoms with Gasteiger partial charge in [0.05, 0.1) is 0 Å². The second kappa shape index (κ2) is 5.04. The molecule has 18 heavy (non-hydrogen) atoms. The Balaban J connectivity index is 2.52. The Bertz CT molecular complexity index is 518. The zero-order valence-electron chi connectivity index (χ0n) is 10.0. The summed E-state index contributed by atoms with van der Waals surface area (Å²) in [7, 11) is 0. The molecule has 0 saturated carbocycles. The first-order valence-corrected chi connectivity index (χ1v) is 5.70. The second-order valence-electron chi connectivity index (χ2n) is 3.91. The van der Waals surface area contributed by atoms with E-state index in [0.29, 0.717) is 6.54 Å². The van der Waals surface area contributed by atoms with Crippen molar-refractivity contribution in [2.75, 3.05) is 17.2 Å². The van der Waals surface area contributed by atoms with E-state index < -0.39 is 11.6 Å². The van der Waals surface area contributed by atoms with E-state index in [-0.39, 0.29) is 11.4 Å². The number of nitrogen functional groups attached to an aromatic ring is 1. The van der Waals surface area contributed by atoms with Gasteiger partial charge in [-0.25, -0.2) is 8.78 Å². The first kappa shape index (κ1) is 12.4. The molecule has 0 aliphatic carbocycles. The lowest BCUT2D eigenvalue weighted by Gasteiger charge is -2.24. The van der Waals surface area contributed by atoms with Gasteiger partial charge in [0.1, 0.15) is 5.69 Å². The fraction of sp³-hybridized carbons (Fsp3) is 0.143. The van der Waals surface area contributed by atoms with Crippen LogP contribution in [0.25, 0.3) is 0 Å². The molecule has 2 aromatic rings. The van der Waals surface area contributed by atoms with Crippen molar-refractivity contribution >= 4 is 17.1 Å². The van der Waals surface area contributed by atoms with Crippen LogP contribution in [-0.2, 0) is 0 Å². The normalized spacial score (nSPS) is 10.4. The summed E-state index contributed by atoms with van der Waals surface area (Å²) >= 11 is 0. The standard InChI is InChI=1S/C14H14F2N2/c1-2-18(11-6-4-3-5-7-11)14-12(15)8-10(17)9-13(14)16/h3-9H,2,17H2,1H3. The largest absolute Gasteiger partial charge is 0.399 e. The third-order valence-corrected chi connectivity index (χ3v) is 2.69. The molecule has 0 aromatic heterocycles. The first-order chi connectivity index (χ1) is 8.63. The second-order valence-corrected chi connectivity index (χ2v) is 3.91. The number of nitrogens with zero attached hydrogens (tertiary/aromatic N) is 1. The number of benzene rings is 2. The van der Waals surface area contributed by atoms with Crippen molar-refractivity contribution in [1.82, 2.24) is 0 Å². The number of hydrogen-bond donors (Lipinski definition) is 1. The van der Waals surface area contributed by atoms with E-state index in [9.17, 15) is 8.78 Å². The third kappa shape index (κ3) is 2.27. The van der Waals surface area contributed by atoms with Crippen LogP contribution in [0.2, 0.25) is 0 Å². The highest BCUT2D eigenvalue weighted by atomic mass is 19.1. The molecule has 0 heterocycles. The number of rotatable bonds is 3. The minimum atomic E-state index is -0.654. The molecule has 4 heteroatoms. The van der Waals surface area contributed by atoms with Crippen LogP contribution in [0.5, 0.6) is 0 Å². The molecule has 0 unspecified atom stereocenters. The van der Waals surface area contributed by atoms with Crippen LogP contribution in [0.4, 0.5) is 25.8 Å². The van der Waals surface area contributed by atoms with Crippen LogP contribution in [0.1, 0.15) is 6.92 Å². The Morgan fingerprint density at radius 1 is 1.06 bits per heavy atom. The molecule has 2 N–H and O–H groups in total. The average Bonchev–Trinajstić information content (AvgIpc) is 2.34. The monoisotopic (exact) mass is 248 g/mol. The number of anilines is 3. The van der Waals surface area contributed by atoms with Gasteiger partial charge in [-0.05, 0) is 31.2 Å². The quantitative estimate of drug-likeness (QED) is 0.839. The highest BCUT2D eigenvalue weighted by Crippen LogP contribution is 2.31. The molecule has 0 fully saturated rings. The van der Waals surface area contributed by atoms with Crippen molar-refractivity contribution in [3.8, 4) is 0 Å². The van der Waals surface area contributed by atoms with Gasteiger partial charge in [-0.1, -0.05) is 18.2 Å². The van der Waals surface area contributed by atoms with Gasteiger partial charge in [-0.2, -0.15) is 0 Å². The van der Waals surface area contributed by atoms with Gasteiger partial charge >= 0.3 is 0 Å². The SMILES string of the molecule is CCN(c1ccccc1)c1c(F)cc(N)cc1F. The summed E-state index contributed by atoms with van der Waals surface area (Å²) in [4.78, 5) is 1.57. The van der Waals surface area contributed by atoms with E-state index in [1.54, 1.807) is 17.0 Å². The lowest BCUT2D eigenvalue weighted by atomic mass is 10.2. The predicted octanol–water partition coefficient (Wildman–Crippen LogP) is 3.71. The number of halogens is 2. The molecule has 0 saturated heterocycles. The van der Waals surface area contributed by atoms with Crippen LogP contribution in [0.3, 0.4) is 0 Å². The molecule has 94 valence electrons. The summed E-state index contributed by atoms with van der Waals surface area (Å²) in [6, 6.07) is 11.4. The minimum absolute atomic E-state index is 0.0714. The molecule has 0 amide bonds. The molecule has 0 spiro atoms. The fourth-order valence-electron chi connectivity index (χ4n) is 1.92. The molecule has 2 nitrogen and oxygen atoms in total. The first-order valence-electron chi connectivity index (χ1n) is 5.70. The van der Waals surface area contributed by atoms with Gasteiger partial charge in [0, 0.05) is 17.9 Å². The zero-order chi connectivity index (χ0) is 13.1. The van der Waals surface area contributed by atoms with Crippen molar-refractivity contribution < 1.29 is 8.78 Å². The zero-order valence-corrected chi connectivity index (χ0v) is 10.0. The molecular formula is C14H14F2N2. The van der Waals surface area contributed by atoms with Gasteiger partial charge in [-0.15, -0.1) is 0 Å². The molecule has 0 aliphatic rings. The maximum Gasteiger partial charge on any atom is 0.151 e. The van der Waals surface area contributed by atoms with E-state index in [0.717, 1.165) is 17.8 Å². The smallest absolute Gasteiger partial charge is 0.151 e. The maximum absolute atomic E-state index is 13.9. The third-order valence-electron chi connectivity index (χ3n) is 2.69. The lowest BCUT2D eigenvalue weighted by molar-refractivity contribution is 0.582. The van der Waals surface area contributed by atoms with Crippen molar-refractivity contribution in [2.45, 2.75) is 6.92 Å². The average molecular weight is 248 g/mol. The molecule has 0 radical (unpaired) electrons. The Hall–Kier alpha value is -2.10. The number of nitrogens with two attached hydrogens (primary N) is 1. The van der Waals surface area contributed by atoms with Crippen LogP contribution in [0, 0.1) is 11.6 Å². The van der Waals surface area contributed by atoms with E-state index in [4.69, 9.17) is 5.73 Å². The van der Waals surface area contributed by atoms with Crippen molar-refractivity contribution in [2.24, 2.45) is 0 Å². The van der Waals surface area contributed by atoms with Gasteiger partial charge in [-0.3, -0.25) is 0 Å². The van der Waals surface area contributed by atoms with Crippen molar-refractivity contribution in [1.29, 1.82) is 0 Å². The summed E-state index contributed by atoms with van der Waals surface area (Å²) < 4.78 is 27.7. The van der Waals surface area contributed by atoms with Crippen LogP contribution >= 0.6 is 0 Å². The van der Waals surface area contributed by atoms with E-state index in [1.165, 1.54) is 0 Å². The Morgan fingerprint density at radius 2 is 1.61 bits per heavy atom. The van der Waals surface area contributed by atoms with Gasteiger partial charge in [0.25, 0.3) is 0 Å². The fourth-order valence-corrected chi connectivity index (χ4v) is 1.92. The molecule has 0 atom stereocenters. The van der Waals surface area contributed by atoms with E-state index in [2.05, 4.69) is 0 Å². The molecule has 0 bridgehead atoms. The van der Waals surface area contributed by atoms with Crippen LogP contribution < -0.4 is 10.6 Å². The predicted molar refractivity (Wildman–Crippen MR) is 69.9 cm³/mol. The number of para-hydroxylation sites is 1. The Labute approximate surface area is 105 Å². The van der Waals surface area contributed by atoms with Gasteiger partial charge in [0.2, 0.25) is 0 Å². The maximum atomic E-state index is 13.9. The molecule has 2 aromatic carbocycles. The highest BCUT2D eigenvalue weighted by molar-refractivity contribution is 5.66. The summed E-state index contributed by atoms with van der Waals surface area (Å²) in [6.07, 6.45) is 0. The van der Waals surface area contributed by atoms with Crippen molar-refractivity contribution in [3.05, 3.63) is 54.1 Å². The Morgan fingerprint density at radius 3 is 2.11 bits per heavy atom. The topological polar surface area (TPSA) is 29.3 Å².